The molecule has 3 aliphatic rings. The van der Waals surface area contributed by atoms with Crippen molar-refractivity contribution in [1.82, 2.24) is 10.2 Å². The minimum Gasteiger partial charge on any atom is -0.477 e. The van der Waals surface area contributed by atoms with Gasteiger partial charge in [0.2, 0.25) is 0 Å². The van der Waals surface area contributed by atoms with Crippen molar-refractivity contribution in [3.8, 4) is 0 Å². The molecule has 0 saturated heterocycles. The summed E-state index contributed by atoms with van der Waals surface area (Å²) in [4.78, 5) is 51.9. The first-order valence-electron chi connectivity index (χ1n) is 15.4. The van der Waals surface area contributed by atoms with Gasteiger partial charge in [0.05, 0.1) is 45.1 Å². The molecule has 3 aliphatic heterocycles. The molecule has 0 unspecified atom stereocenters. The van der Waals surface area contributed by atoms with Crippen LogP contribution in [0.1, 0.15) is 107 Å². The van der Waals surface area contributed by atoms with E-state index < -0.39 is 34.6 Å². The van der Waals surface area contributed by atoms with E-state index in [0.29, 0.717) is 46.1 Å². The molecule has 0 spiro atoms. The van der Waals surface area contributed by atoms with E-state index in [1.165, 1.54) is 34.9 Å². The van der Waals surface area contributed by atoms with Crippen LogP contribution in [0.2, 0.25) is 0 Å². The lowest BCUT2D eigenvalue weighted by atomic mass is 9.86. The highest BCUT2D eigenvalue weighted by Crippen LogP contribution is 2.49. The van der Waals surface area contributed by atoms with Crippen LogP contribution >= 0.6 is 22.7 Å². The molecule has 6 heterocycles. The van der Waals surface area contributed by atoms with E-state index in [4.69, 9.17) is 31.8 Å². The number of rotatable bonds is 5. The number of nitrogens with one attached hydrogen (secondary N) is 2. The summed E-state index contributed by atoms with van der Waals surface area (Å²) >= 11 is 2.76. The van der Waals surface area contributed by atoms with Crippen molar-refractivity contribution in [3.05, 3.63) is 61.6 Å². The first-order valence-corrected chi connectivity index (χ1v) is 17.0. The van der Waals surface area contributed by atoms with Gasteiger partial charge >= 0.3 is 5.97 Å². The maximum atomic E-state index is 12.4. The second-order valence-corrected chi connectivity index (χ2v) is 16.1. The Kier molecular flexibility index (Phi) is 10.3. The number of thiophene rings is 2. The molecule has 0 atom stereocenters. The zero-order chi connectivity index (χ0) is 36.7. The Hall–Kier alpha value is -4.38. The number of nitrogen functional groups attached to an aromatic ring is 1. The topological polar surface area (TPSA) is 238 Å². The van der Waals surface area contributed by atoms with Gasteiger partial charge in [0, 0.05) is 40.6 Å². The van der Waals surface area contributed by atoms with Crippen molar-refractivity contribution in [3.63, 3.8) is 0 Å². The molecule has 3 amide bonds. The van der Waals surface area contributed by atoms with E-state index >= 15 is 0 Å². The fourth-order valence-corrected chi connectivity index (χ4v) is 8.72. The summed E-state index contributed by atoms with van der Waals surface area (Å²) in [6, 6.07) is 1.39. The summed E-state index contributed by atoms with van der Waals surface area (Å²) < 4.78 is 12.2. The number of anilines is 2. The standard InChI is InChI=1S/C17H21N3O3S.C12H18N2O2S.C4H4N2O2/c1-16(2)7-10-11(13(18)21)15(24-12(10)17(3,4)23-16)20-14(22)9-5-6-19-8-9;1-11(2)5-6-7(9(13)15)10(14)17-8(6)12(3,4)16-11;7-4(8)3-1-2-5-6-3/h5-6H,7-8H2,1-4H3,(H2,18,21)(H,20,22);5,14H2,1-4H3,(H2,13,15);1-2H,(H,5,6)(H,7,8). The second kappa shape index (κ2) is 13.5. The first kappa shape index (κ1) is 37.4. The number of carbonyl (C=O) groups excluding carboxylic acids is 3. The molecule has 49 heavy (non-hydrogen) atoms. The lowest BCUT2D eigenvalue weighted by Gasteiger charge is -2.41. The molecule has 6 rings (SSSR count). The Bertz CT molecular complexity index is 1850. The van der Waals surface area contributed by atoms with Gasteiger partial charge in [-0.15, -0.1) is 22.7 Å². The van der Waals surface area contributed by atoms with Crippen LogP contribution in [0.5, 0.6) is 0 Å². The molecular weight excluding hydrogens is 671 g/mol. The monoisotopic (exact) mass is 713 g/mol. The number of ether oxygens (including phenoxy) is 2. The van der Waals surface area contributed by atoms with Crippen molar-refractivity contribution in [1.29, 1.82) is 0 Å². The fourth-order valence-electron chi connectivity index (χ4n) is 6.33. The van der Waals surface area contributed by atoms with Gasteiger partial charge < -0.3 is 37.1 Å². The summed E-state index contributed by atoms with van der Waals surface area (Å²) in [7, 11) is 0. The van der Waals surface area contributed by atoms with E-state index in [1.54, 1.807) is 12.3 Å². The van der Waals surface area contributed by atoms with Gasteiger partial charge in [-0.2, -0.15) is 5.10 Å². The Morgan fingerprint density at radius 2 is 1.41 bits per heavy atom. The molecule has 0 aliphatic carbocycles. The molecule has 0 fully saturated rings. The largest absolute Gasteiger partial charge is 0.477 e. The van der Waals surface area contributed by atoms with Crippen LogP contribution in [0.25, 0.3) is 0 Å². The van der Waals surface area contributed by atoms with Gasteiger partial charge in [0.15, 0.2) is 0 Å². The number of aliphatic imine (C=N–C) groups is 1. The molecule has 0 radical (unpaired) electrons. The molecule has 264 valence electrons. The summed E-state index contributed by atoms with van der Waals surface area (Å²) in [5.41, 5.74) is 18.6. The molecule has 16 heteroatoms. The highest BCUT2D eigenvalue weighted by molar-refractivity contribution is 7.17. The number of H-pyrrole nitrogens is 1. The zero-order valence-electron chi connectivity index (χ0n) is 28.8. The highest BCUT2D eigenvalue weighted by atomic mass is 32.1. The van der Waals surface area contributed by atoms with Crippen LogP contribution in [0, 0.1) is 0 Å². The summed E-state index contributed by atoms with van der Waals surface area (Å²) in [6.07, 6.45) is 5.90. The Balaban J connectivity index is 0.000000187. The van der Waals surface area contributed by atoms with Gasteiger partial charge in [0.1, 0.15) is 10.7 Å². The molecular formula is C33H43N7O7S2. The number of nitrogens with zero attached hydrogens (tertiary/aromatic N) is 2. The summed E-state index contributed by atoms with van der Waals surface area (Å²) in [6.45, 7) is 16.3. The van der Waals surface area contributed by atoms with E-state index in [1.807, 2.05) is 55.4 Å². The number of hydrogen-bond acceptors (Lipinski definition) is 11. The van der Waals surface area contributed by atoms with Gasteiger partial charge in [-0.1, -0.05) is 0 Å². The normalized spacial score (nSPS) is 18.7. The number of carboxylic acid groups (broad SMARTS) is 1. The third-order valence-electron chi connectivity index (χ3n) is 7.79. The van der Waals surface area contributed by atoms with Gasteiger partial charge in [-0.3, -0.25) is 24.5 Å². The average molecular weight is 714 g/mol. The second-order valence-electron chi connectivity index (χ2n) is 14.0. The quantitative estimate of drug-likeness (QED) is 0.218. The van der Waals surface area contributed by atoms with Crippen molar-refractivity contribution in [2.45, 2.75) is 90.6 Å². The minimum atomic E-state index is -0.984. The van der Waals surface area contributed by atoms with Crippen LogP contribution in [0.15, 0.2) is 28.9 Å². The molecule has 0 saturated carbocycles. The molecule has 3 aromatic rings. The van der Waals surface area contributed by atoms with Crippen LogP contribution in [-0.4, -0.2) is 63.0 Å². The smallest absolute Gasteiger partial charge is 0.353 e. The molecule has 0 aromatic carbocycles. The number of aromatic carboxylic acids is 1. The van der Waals surface area contributed by atoms with E-state index in [2.05, 4.69) is 20.5 Å². The van der Waals surface area contributed by atoms with Crippen LogP contribution in [0.4, 0.5) is 10.0 Å². The lowest BCUT2D eigenvalue weighted by molar-refractivity contribution is -0.136. The van der Waals surface area contributed by atoms with Crippen molar-refractivity contribution < 1.29 is 33.8 Å². The van der Waals surface area contributed by atoms with E-state index in [0.717, 1.165) is 20.9 Å². The molecule has 0 bridgehead atoms. The number of aromatic amines is 1. The SMILES string of the molecule is CC1(C)Cc2c(sc(N)c2C(N)=O)C(C)(C)O1.CC1(C)Cc2c(sc(NC(=O)C3=CC=NC3)c2C(N)=O)C(C)(C)O1.O=C(O)c1ccn[nH]1. The fraction of sp³-hybridized carbons (Fsp3) is 0.455. The number of nitrogens with two attached hydrogens (primary N) is 3. The summed E-state index contributed by atoms with van der Waals surface area (Å²) in [5, 5.41) is 17.7. The molecule has 3 aromatic heterocycles. The van der Waals surface area contributed by atoms with Crippen LogP contribution in [-0.2, 0) is 38.3 Å². The highest BCUT2D eigenvalue weighted by Gasteiger charge is 2.44. The third-order valence-corrected chi connectivity index (χ3v) is 10.6. The Morgan fingerprint density at radius 1 is 0.878 bits per heavy atom. The van der Waals surface area contributed by atoms with Gasteiger partial charge in [-0.05, 0) is 78.7 Å². The van der Waals surface area contributed by atoms with Crippen LogP contribution in [0.3, 0.4) is 0 Å². The number of carboxylic acids is 1. The van der Waals surface area contributed by atoms with Crippen LogP contribution < -0.4 is 22.5 Å². The predicted molar refractivity (Wildman–Crippen MR) is 189 cm³/mol. The number of carbonyl (C=O) groups is 4. The number of primary amides is 2. The van der Waals surface area contributed by atoms with Crippen molar-refractivity contribution in [2.24, 2.45) is 16.5 Å². The molecule has 9 N–H and O–H groups in total. The van der Waals surface area contributed by atoms with Gasteiger partial charge in [0.25, 0.3) is 17.7 Å². The minimum absolute atomic E-state index is 0.116. The maximum absolute atomic E-state index is 12.4. The average Bonchev–Trinajstić information content (AvgIpc) is 3.74. The first-order chi connectivity index (χ1) is 22.5. The Morgan fingerprint density at radius 3 is 1.84 bits per heavy atom. The number of allylic oxidation sites excluding steroid dienone is 1. The van der Waals surface area contributed by atoms with Crippen molar-refractivity contribution in [2.75, 3.05) is 17.6 Å². The summed E-state index contributed by atoms with van der Waals surface area (Å²) in [5.74, 6) is -2.23. The zero-order valence-corrected chi connectivity index (χ0v) is 30.4. The Labute approximate surface area is 292 Å². The lowest BCUT2D eigenvalue weighted by Crippen LogP contribution is -2.42. The third kappa shape index (κ3) is 8.26. The number of aromatic nitrogens is 2. The number of hydrogen-bond donors (Lipinski definition) is 6. The van der Waals surface area contributed by atoms with Crippen molar-refractivity contribution >= 4 is 62.6 Å². The number of amides is 3. The van der Waals surface area contributed by atoms with Gasteiger partial charge in [-0.25, -0.2) is 4.79 Å². The van der Waals surface area contributed by atoms with E-state index in [-0.39, 0.29) is 17.2 Å². The molecule has 14 nitrogen and oxygen atoms in total. The predicted octanol–water partition coefficient (Wildman–Crippen LogP) is 4.51. The number of fused-ring (bicyclic) bond motifs is 2. The maximum Gasteiger partial charge on any atom is 0.353 e. The van der Waals surface area contributed by atoms with E-state index in [9.17, 15) is 19.2 Å².